The lowest BCUT2D eigenvalue weighted by Crippen LogP contribution is -2.35. The summed E-state index contributed by atoms with van der Waals surface area (Å²) in [5, 5.41) is 14.9. The fraction of sp³-hybridized carbons (Fsp3) is 0.179. The lowest BCUT2D eigenvalue weighted by Gasteiger charge is -2.18. The van der Waals surface area contributed by atoms with E-state index in [1.807, 2.05) is 72.8 Å². The van der Waals surface area contributed by atoms with E-state index in [0.29, 0.717) is 24.5 Å². The molecule has 3 aromatic carbocycles. The third-order valence-corrected chi connectivity index (χ3v) is 5.99. The summed E-state index contributed by atoms with van der Waals surface area (Å²) in [6, 6.07) is 24.1. The molecule has 11 nitrogen and oxygen atoms in total. The summed E-state index contributed by atoms with van der Waals surface area (Å²) in [5.41, 5.74) is 7.32. The zero-order valence-electron chi connectivity index (χ0n) is 21.5. The highest BCUT2D eigenvalue weighted by atomic mass is 16.6. The summed E-state index contributed by atoms with van der Waals surface area (Å²) in [6.45, 7) is 0.350. The van der Waals surface area contributed by atoms with E-state index in [0.717, 1.165) is 16.7 Å². The Kier molecular flexibility index (Phi) is 8.86. The summed E-state index contributed by atoms with van der Waals surface area (Å²) < 4.78 is 10.6. The summed E-state index contributed by atoms with van der Waals surface area (Å²) >= 11 is 0. The van der Waals surface area contributed by atoms with Crippen molar-refractivity contribution in [1.82, 2.24) is 15.4 Å². The molecule has 0 saturated heterocycles. The number of carbonyl (C=O) groups excluding carboxylic acids is 1. The van der Waals surface area contributed by atoms with Crippen molar-refractivity contribution in [3.8, 4) is 11.5 Å². The Morgan fingerprint density at radius 2 is 1.51 bits per heavy atom. The van der Waals surface area contributed by atoms with E-state index >= 15 is 0 Å². The zero-order chi connectivity index (χ0) is 27.6. The molecular formula is C28H28N6O5. The number of aromatic nitrogens is 2. The smallest absolute Gasteiger partial charge is 0.354 e. The van der Waals surface area contributed by atoms with Crippen LogP contribution in [0.2, 0.25) is 0 Å². The topological polar surface area (TPSA) is 141 Å². The maximum absolute atomic E-state index is 13.3. The lowest BCUT2D eigenvalue weighted by atomic mass is 9.91. The zero-order valence-corrected chi connectivity index (χ0v) is 21.5. The Hall–Kier alpha value is -5.19. The number of hydrogen-bond donors (Lipinski definition) is 3. The molecule has 1 heterocycles. The number of amides is 1. The maximum Gasteiger partial charge on any atom is 0.354 e. The number of nitro groups is 1. The molecule has 1 aromatic heterocycles. The summed E-state index contributed by atoms with van der Waals surface area (Å²) in [7, 11) is 3.12. The van der Waals surface area contributed by atoms with Crippen molar-refractivity contribution in [2.75, 3.05) is 31.5 Å². The molecule has 4 rings (SSSR count). The van der Waals surface area contributed by atoms with Crippen LogP contribution >= 0.6 is 0 Å². The van der Waals surface area contributed by atoms with Gasteiger partial charge in [-0.2, -0.15) is 0 Å². The number of nitrogens with zero attached hydrogens (tertiary/aromatic N) is 3. The molecule has 0 atom stereocenters. The van der Waals surface area contributed by atoms with Gasteiger partial charge in [-0.25, -0.2) is 9.97 Å². The number of rotatable bonds is 12. The van der Waals surface area contributed by atoms with Gasteiger partial charge in [0.2, 0.25) is 17.5 Å². The quantitative estimate of drug-likeness (QED) is 0.181. The first-order valence-corrected chi connectivity index (χ1v) is 12.1. The molecular weight excluding hydrogens is 500 g/mol. The van der Waals surface area contributed by atoms with Crippen molar-refractivity contribution in [3.05, 3.63) is 112 Å². The Bertz CT molecular complexity index is 1380. The number of hydrazine groups is 1. The predicted molar refractivity (Wildman–Crippen MR) is 147 cm³/mol. The summed E-state index contributed by atoms with van der Waals surface area (Å²) in [5.74, 6) is 0.0459. The number of anilines is 2. The van der Waals surface area contributed by atoms with Crippen LogP contribution in [0.5, 0.6) is 11.5 Å². The number of carbonyl (C=O) groups is 1. The van der Waals surface area contributed by atoms with E-state index in [1.54, 1.807) is 20.3 Å². The average molecular weight is 529 g/mol. The highest BCUT2D eigenvalue weighted by molar-refractivity contribution is 5.88. The minimum Gasteiger partial charge on any atom is -0.493 e. The van der Waals surface area contributed by atoms with Gasteiger partial charge in [0, 0.05) is 6.54 Å². The van der Waals surface area contributed by atoms with E-state index in [4.69, 9.17) is 9.47 Å². The van der Waals surface area contributed by atoms with Gasteiger partial charge in [0.25, 0.3) is 0 Å². The molecule has 0 aliphatic rings. The Morgan fingerprint density at radius 3 is 2.10 bits per heavy atom. The van der Waals surface area contributed by atoms with Gasteiger partial charge < -0.3 is 14.8 Å². The second kappa shape index (κ2) is 12.9. The third-order valence-electron chi connectivity index (χ3n) is 5.99. The van der Waals surface area contributed by atoms with Crippen LogP contribution in [0.15, 0.2) is 85.2 Å². The molecule has 4 aromatic rings. The van der Waals surface area contributed by atoms with Gasteiger partial charge in [0.05, 0.1) is 25.1 Å². The monoisotopic (exact) mass is 528 g/mol. The van der Waals surface area contributed by atoms with Gasteiger partial charge in [0.15, 0.2) is 11.5 Å². The standard InChI is InChI=1S/C28H28N6O5/c1-38-22-14-13-19(17-23(22)39-2)15-16-29-26-25(34(36)37)27(31-18-30-26)32-33-28(35)24(20-9-5-3-6-10-20)21-11-7-4-8-12-21/h3-14,17-18,24H,15-16H2,1-2H3,(H,33,35)(H2,29,30,31,32). The molecule has 0 unspecified atom stereocenters. The molecule has 1 amide bonds. The van der Waals surface area contributed by atoms with Crippen molar-refractivity contribution in [2.45, 2.75) is 12.3 Å². The normalized spacial score (nSPS) is 10.5. The van der Waals surface area contributed by atoms with Gasteiger partial charge in [-0.15, -0.1) is 0 Å². The molecule has 0 radical (unpaired) electrons. The number of benzene rings is 3. The highest BCUT2D eigenvalue weighted by Gasteiger charge is 2.26. The maximum atomic E-state index is 13.3. The van der Waals surface area contributed by atoms with Crippen LogP contribution in [-0.2, 0) is 11.2 Å². The van der Waals surface area contributed by atoms with Crippen LogP contribution in [0, 0.1) is 10.1 Å². The van der Waals surface area contributed by atoms with Crippen LogP contribution in [-0.4, -0.2) is 41.6 Å². The first-order chi connectivity index (χ1) is 19.0. The number of methoxy groups -OCH3 is 2. The van der Waals surface area contributed by atoms with Crippen LogP contribution in [0.3, 0.4) is 0 Å². The van der Waals surface area contributed by atoms with Crippen molar-refractivity contribution in [3.63, 3.8) is 0 Å². The highest BCUT2D eigenvalue weighted by Crippen LogP contribution is 2.30. The minimum absolute atomic E-state index is 0.0231. The fourth-order valence-corrected chi connectivity index (χ4v) is 4.11. The van der Waals surface area contributed by atoms with Gasteiger partial charge in [-0.3, -0.25) is 25.8 Å². The third kappa shape index (κ3) is 6.58. The molecule has 200 valence electrons. The summed E-state index contributed by atoms with van der Waals surface area (Å²) in [4.78, 5) is 32.7. The van der Waals surface area contributed by atoms with Gasteiger partial charge in [-0.1, -0.05) is 66.7 Å². The Morgan fingerprint density at radius 1 is 0.897 bits per heavy atom. The van der Waals surface area contributed by atoms with Crippen molar-refractivity contribution in [2.24, 2.45) is 0 Å². The van der Waals surface area contributed by atoms with Crippen molar-refractivity contribution in [1.29, 1.82) is 0 Å². The molecule has 11 heteroatoms. The van der Waals surface area contributed by atoms with E-state index in [1.165, 1.54) is 6.33 Å². The first kappa shape index (κ1) is 26.9. The Balaban J connectivity index is 1.48. The molecule has 0 spiro atoms. The molecule has 0 bridgehead atoms. The van der Waals surface area contributed by atoms with E-state index < -0.39 is 16.7 Å². The fourth-order valence-electron chi connectivity index (χ4n) is 4.11. The lowest BCUT2D eigenvalue weighted by molar-refractivity contribution is -0.383. The molecule has 0 aliphatic carbocycles. The van der Waals surface area contributed by atoms with Gasteiger partial charge >= 0.3 is 5.69 Å². The average Bonchev–Trinajstić information content (AvgIpc) is 2.97. The summed E-state index contributed by atoms with van der Waals surface area (Å²) in [6.07, 6.45) is 1.73. The number of nitrogens with one attached hydrogen (secondary N) is 3. The molecule has 39 heavy (non-hydrogen) atoms. The number of ether oxygens (including phenoxy) is 2. The molecule has 0 saturated carbocycles. The van der Waals surface area contributed by atoms with Gasteiger partial charge in [-0.05, 0) is 35.2 Å². The van der Waals surface area contributed by atoms with E-state index in [2.05, 4.69) is 26.1 Å². The number of hydrogen-bond acceptors (Lipinski definition) is 9. The SMILES string of the molecule is COc1ccc(CCNc2ncnc(NNC(=O)C(c3ccccc3)c3ccccc3)c2[N+](=O)[O-])cc1OC. The predicted octanol–water partition coefficient (Wildman–Crippen LogP) is 4.33. The van der Waals surface area contributed by atoms with Crippen molar-refractivity contribution >= 4 is 23.2 Å². The molecule has 0 aliphatic heterocycles. The second-order valence-electron chi connectivity index (χ2n) is 8.41. The largest absolute Gasteiger partial charge is 0.493 e. The van der Waals surface area contributed by atoms with Crippen LogP contribution in [0.1, 0.15) is 22.6 Å². The minimum atomic E-state index is -0.639. The van der Waals surface area contributed by atoms with E-state index in [9.17, 15) is 14.9 Å². The van der Waals surface area contributed by atoms with Crippen molar-refractivity contribution < 1.29 is 19.2 Å². The van der Waals surface area contributed by atoms with Crippen LogP contribution in [0.25, 0.3) is 0 Å². The van der Waals surface area contributed by atoms with E-state index in [-0.39, 0.29) is 17.3 Å². The van der Waals surface area contributed by atoms with Gasteiger partial charge in [0.1, 0.15) is 6.33 Å². The first-order valence-electron chi connectivity index (χ1n) is 12.1. The Labute approximate surface area is 225 Å². The molecule has 0 fully saturated rings. The van der Waals surface area contributed by atoms with Crippen LogP contribution < -0.4 is 25.6 Å². The van der Waals surface area contributed by atoms with Crippen LogP contribution in [0.4, 0.5) is 17.3 Å². The molecule has 3 N–H and O–H groups in total. The second-order valence-corrected chi connectivity index (χ2v) is 8.41.